The molecule has 0 radical (unpaired) electrons. The van der Waals surface area contributed by atoms with Crippen molar-refractivity contribution in [3.8, 4) is 17.1 Å². The van der Waals surface area contributed by atoms with E-state index in [0.717, 1.165) is 48.9 Å². The highest BCUT2D eigenvalue weighted by Crippen LogP contribution is 2.36. The number of amides is 3. The molecule has 0 unspecified atom stereocenters. The van der Waals surface area contributed by atoms with E-state index in [-0.39, 0.29) is 29.5 Å². The van der Waals surface area contributed by atoms with Crippen molar-refractivity contribution in [2.24, 2.45) is 5.92 Å². The molecule has 1 aromatic heterocycles. The van der Waals surface area contributed by atoms with Crippen LogP contribution >= 0.6 is 11.6 Å². The van der Waals surface area contributed by atoms with E-state index in [9.17, 15) is 14.0 Å². The Morgan fingerprint density at radius 1 is 1.14 bits per heavy atom. The lowest BCUT2D eigenvalue weighted by atomic mass is 10.1. The molecule has 8 nitrogen and oxygen atoms in total. The molecule has 1 saturated carbocycles. The zero-order chi connectivity index (χ0) is 30.1. The van der Waals surface area contributed by atoms with Gasteiger partial charge in [0.25, 0.3) is 0 Å². The van der Waals surface area contributed by atoms with Gasteiger partial charge < -0.3 is 9.30 Å². The summed E-state index contributed by atoms with van der Waals surface area (Å²) in [5.74, 6) is 1.87. The van der Waals surface area contributed by atoms with E-state index in [2.05, 4.69) is 46.1 Å². The van der Waals surface area contributed by atoms with Crippen LogP contribution in [0.25, 0.3) is 11.4 Å². The summed E-state index contributed by atoms with van der Waals surface area (Å²) in [6.07, 6.45) is 5.73. The zero-order valence-corrected chi connectivity index (χ0v) is 24.6. The SMILES string of the molecule is C=C/C(Cl)=C(/COc1ccc(CN2Cc3ccc(-c4ncc(N5CCC(=O)NC5=O)n4CC4CC4)cc3C2)cc1)C(=C)F. The number of nitrogens with zero attached hydrogens (tertiary/aromatic N) is 4. The summed E-state index contributed by atoms with van der Waals surface area (Å²) < 4.78 is 21.6. The topological polar surface area (TPSA) is 79.7 Å². The predicted octanol–water partition coefficient (Wildman–Crippen LogP) is 6.46. The molecule has 2 fully saturated rings. The minimum Gasteiger partial charge on any atom is -0.489 e. The molecule has 3 aromatic rings. The van der Waals surface area contributed by atoms with E-state index in [1.807, 2.05) is 24.3 Å². The van der Waals surface area contributed by atoms with Crippen LogP contribution in [0.15, 0.2) is 84.3 Å². The highest BCUT2D eigenvalue weighted by molar-refractivity contribution is 6.31. The number of allylic oxidation sites excluding steroid dienone is 2. The molecule has 10 heteroatoms. The summed E-state index contributed by atoms with van der Waals surface area (Å²) >= 11 is 6.01. The van der Waals surface area contributed by atoms with Crippen LogP contribution in [0.4, 0.5) is 15.0 Å². The maximum Gasteiger partial charge on any atom is 0.329 e. The fourth-order valence-electron chi connectivity index (χ4n) is 5.55. The normalized spacial score (nSPS) is 17.4. The molecule has 1 aliphatic carbocycles. The molecule has 6 rings (SSSR count). The fourth-order valence-corrected chi connectivity index (χ4v) is 5.71. The fraction of sp³-hybridized carbons (Fsp3) is 0.303. The second-order valence-corrected chi connectivity index (χ2v) is 11.7. The predicted molar refractivity (Wildman–Crippen MR) is 164 cm³/mol. The number of carbonyl (C=O) groups excluding carboxylic acids is 2. The number of imidazole rings is 1. The molecular weight excluding hydrogens is 569 g/mol. The third kappa shape index (κ3) is 6.43. The first kappa shape index (κ1) is 28.9. The molecule has 3 heterocycles. The zero-order valence-electron chi connectivity index (χ0n) is 23.8. The van der Waals surface area contributed by atoms with Crippen LogP contribution < -0.4 is 15.0 Å². The number of carbonyl (C=O) groups is 2. The number of imide groups is 1. The van der Waals surface area contributed by atoms with Crippen molar-refractivity contribution in [1.29, 1.82) is 0 Å². The summed E-state index contributed by atoms with van der Waals surface area (Å²) in [6.45, 7) is 10.4. The van der Waals surface area contributed by atoms with Gasteiger partial charge in [0.15, 0.2) is 0 Å². The van der Waals surface area contributed by atoms with Gasteiger partial charge in [-0.2, -0.15) is 0 Å². The Morgan fingerprint density at radius 3 is 2.60 bits per heavy atom. The molecule has 2 aliphatic heterocycles. The van der Waals surface area contributed by atoms with Crippen molar-refractivity contribution in [2.75, 3.05) is 18.1 Å². The third-order valence-corrected chi connectivity index (χ3v) is 8.45. The molecular formula is C33H33ClFN5O3. The lowest BCUT2D eigenvalue weighted by molar-refractivity contribution is -0.120. The Morgan fingerprint density at radius 2 is 1.91 bits per heavy atom. The standard InChI is InChI=1S/C33H33ClFN5O3/c1-3-29(34)28(21(2)35)20-43-27-10-6-22(7-11-27)16-38-18-25-9-8-24(14-26(25)19-38)32-36-15-31(40(32)17-23-4-5-23)39-13-12-30(41)37-33(39)42/h3,6-11,14-15,23H,1-2,4-5,12-13,16-20H2,(H,37,41,42)/b29-28+. The van der Waals surface area contributed by atoms with Crippen molar-refractivity contribution in [2.45, 2.75) is 45.4 Å². The Labute approximate surface area is 255 Å². The van der Waals surface area contributed by atoms with E-state index in [4.69, 9.17) is 21.3 Å². The van der Waals surface area contributed by atoms with Gasteiger partial charge in [-0.3, -0.25) is 19.9 Å². The van der Waals surface area contributed by atoms with Crippen LogP contribution in [0.5, 0.6) is 5.75 Å². The maximum absolute atomic E-state index is 13.7. The number of rotatable bonds is 11. The first-order chi connectivity index (χ1) is 20.8. The van der Waals surface area contributed by atoms with E-state index >= 15 is 0 Å². The van der Waals surface area contributed by atoms with Gasteiger partial charge in [0.1, 0.15) is 29.8 Å². The molecule has 0 atom stereocenters. The quantitative estimate of drug-likeness (QED) is 0.255. The number of benzene rings is 2. The molecule has 1 saturated heterocycles. The molecule has 222 valence electrons. The van der Waals surface area contributed by atoms with E-state index in [1.54, 1.807) is 11.1 Å². The number of hydrogen-bond acceptors (Lipinski definition) is 5. The molecule has 0 spiro atoms. The van der Waals surface area contributed by atoms with Crippen LogP contribution in [0.1, 0.15) is 36.0 Å². The van der Waals surface area contributed by atoms with Gasteiger partial charge >= 0.3 is 6.03 Å². The van der Waals surface area contributed by atoms with Gasteiger partial charge in [-0.1, -0.05) is 55.1 Å². The smallest absolute Gasteiger partial charge is 0.329 e. The van der Waals surface area contributed by atoms with Gasteiger partial charge in [0, 0.05) is 55.3 Å². The van der Waals surface area contributed by atoms with Crippen LogP contribution in [0.3, 0.4) is 0 Å². The number of nitrogens with one attached hydrogen (secondary N) is 1. The second-order valence-electron chi connectivity index (χ2n) is 11.2. The Kier molecular flexibility index (Phi) is 8.19. The number of fused-ring (bicyclic) bond motifs is 1. The van der Waals surface area contributed by atoms with Crippen molar-refractivity contribution in [3.63, 3.8) is 0 Å². The van der Waals surface area contributed by atoms with E-state index in [1.165, 1.54) is 30.0 Å². The number of anilines is 1. The van der Waals surface area contributed by atoms with E-state index < -0.39 is 11.9 Å². The number of urea groups is 1. The van der Waals surface area contributed by atoms with Gasteiger partial charge in [-0.05, 0) is 53.6 Å². The first-order valence-corrected chi connectivity index (χ1v) is 14.8. The third-order valence-electron chi connectivity index (χ3n) is 8.06. The lowest BCUT2D eigenvalue weighted by Crippen LogP contribution is -2.50. The van der Waals surface area contributed by atoms with Crippen molar-refractivity contribution >= 4 is 29.4 Å². The summed E-state index contributed by atoms with van der Waals surface area (Å²) in [6, 6.07) is 13.8. The number of aromatic nitrogens is 2. The van der Waals surface area contributed by atoms with Gasteiger partial charge in [0.05, 0.1) is 6.20 Å². The minimum absolute atomic E-state index is 0.0331. The number of ether oxygens (including phenoxy) is 1. The van der Waals surface area contributed by atoms with Gasteiger partial charge in [-0.25, -0.2) is 14.2 Å². The van der Waals surface area contributed by atoms with Crippen LogP contribution in [-0.4, -0.2) is 39.5 Å². The highest BCUT2D eigenvalue weighted by atomic mass is 35.5. The summed E-state index contributed by atoms with van der Waals surface area (Å²) in [5, 5.41) is 2.60. The summed E-state index contributed by atoms with van der Waals surface area (Å²) in [4.78, 5) is 33.0. The van der Waals surface area contributed by atoms with Crippen molar-refractivity contribution in [1.82, 2.24) is 19.8 Å². The van der Waals surface area contributed by atoms with Crippen LogP contribution in [0, 0.1) is 5.92 Å². The largest absolute Gasteiger partial charge is 0.489 e. The summed E-state index contributed by atoms with van der Waals surface area (Å²) in [7, 11) is 0. The average molecular weight is 602 g/mol. The number of halogens is 2. The van der Waals surface area contributed by atoms with Gasteiger partial charge in [-0.15, -0.1) is 0 Å². The molecule has 1 N–H and O–H groups in total. The molecule has 2 aromatic carbocycles. The average Bonchev–Trinajstić information content (AvgIpc) is 3.58. The minimum atomic E-state index is -0.641. The Balaban J connectivity index is 1.13. The first-order valence-electron chi connectivity index (χ1n) is 14.4. The van der Waals surface area contributed by atoms with Crippen LogP contribution in [-0.2, 0) is 31.0 Å². The highest BCUT2D eigenvalue weighted by Gasteiger charge is 2.31. The molecule has 0 bridgehead atoms. The van der Waals surface area contributed by atoms with Gasteiger partial charge in [0.2, 0.25) is 5.91 Å². The van der Waals surface area contributed by atoms with Crippen molar-refractivity contribution < 1.29 is 18.7 Å². The number of hydrogen-bond donors (Lipinski definition) is 1. The van der Waals surface area contributed by atoms with Crippen LogP contribution in [0.2, 0.25) is 0 Å². The second kappa shape index (κ2) is 12.2. The summed E-state index contributed by atoms with van der Waals surface area (Å²) in [5.41, 5.74) is 4.87. The Hall–Kier alpha value is -4.21. The molecule has 43 heavy (non-hydrogen) atoms. The van der Waals surface area contributed by atoms with Crippen molar-refractivity contribution in [3.05, 3.63) is 101 Å². The van der Waals surface area contributed by atoms with E-state index in [0.29, 0.717) is 18.2 Å². The molecule has 3 amide bonds. The Bertz CT molecular complexity index is 1630. The molecule has 3 aliphatic rings. The lowest BCUT2D eigenvalue weighted by Gasteiger charge is -2.27. The monoisotopic (exact) mass is 601 g/mol. The maximum atomic E-state index is 13.7.